The van der Waals surface area contributed by atoms with Crippen molar-refractivity contribution in [2.75, 3.05) is 13.2 Å². The molecule has 0 unspecified atom stereocenters. The van der Waals surface area contributed by atoms with Crippen molar-refractivity contribution in [1.29, 1.82) is 0 Å². The zero-order chi connectivity index (χ0) is 10.8. The summed E-state index contributed by atoms with van der Waals surface area (Å²) in [4.78, 5) is 0. The molecular formula is C12H16FNO. The van der Waals surface area contributed by atoms with E-state index in [1.807, 2.05) is 6.07 Å². The van der Waals surface area contributed by atoms with Crippen LogP contribution >= 0.6 is 0 Å². The van der Waals surface area contributed by atoms with Crippen molar-refractivity contribution in [1.82, 2.24) is 0 Å². The lowest BCUT2D eigenvalue weighted by molar-refractivity contribution is 0.0590. The van der Waals surface area contributed by atoms with Crippen LogP contribution in [0.1, 0.15) is 36.5 Å². The van der Waals surface area contributed by atoms with Gasteiger partial charge >= 0.3 is 0 Å². The molecule has 15 heavy (non-hydrogen) atoms. The molecule has 2 nitrogen and oxygen atoms in total. The zero-order valence-corrected chi connectivity index (χ0v) is 8.87. The minimum absolute atomic E-state index is 0.197. The quantitative estimate of drug-likeness (QED) is 0.770. The van der Waals surface area contributed by atoms with Crippen molar-refractivity contribution in [3.63, 3.8) is 0 Å². The molecule has 1 heterocycles. The highest BCUT2D eigenvalue weighted by molar-refractivity contribution is 5.34. The third kappa shape index (κ3) is 1.90. The molecule has 0 spiro atoms. The molecule has 3 heteroatoms. The van der Waals surface area contributed by atoms with Crippen LogP contribution < -0.4 is 5.73 Å². The zero-order valence-electron chi connectivity index (χ0n) is 8.87. The van der Waals surface area contributed by atoms with Gasteiger partial charge in [0, 0.05) is 18.7 Å². The largest absolute Gasteiger partial charge is 0.372 e. The van der Waals surface area contributed by atoms with Crippen molar-refractivity contribution in [2.24, 2.45) is 5.73 Å². The lowest BCUT2D eigenvalue weighted by atomic mass is 9.91. The molecular weight excluding hydrogens is 193 g/mol. The van der Waals surface area contributed by atoms with E-state index < -0.39 is 0 Å². The predicted octanol–water partition coefficient (Wildman–Crippen LogP) is 2.35. The van der Waals surface area contributed by atoms with Crippen LogP contribution in [-0.4, -0.2) is 13.2 Å². The van der Waals surface area contributed by atoms with Gasteiger partial charge in [0.15, 0.2) is 0 Å². The fourth-order valence-electron chi connectivity index (χ4n) is 2.13. The van der Waals surface area contributed by atoms with Gasteiger partial charge in [-0.3, -0.25) is 0 Å². The average Bonchev–Trinajstić information content (AvgIpc) is 2.39. The van der Waals surface area contributed by atoms with E-state index in [0.29, 0.717) is 24.6 Å². The highest BCUT2D eigenvalue weighted by Crippen LogP contribution is 2.34. The van der Waals surface area contributed by atoms with Gasteiger partial charge in [-0.15, -0.1) is 0 Å². The van der Waals surface area contributed by atoms with Crippen LogP contribution in [0, 0.1) is 5.82 Å². The number of ether oxygens (including phenoxy) is 1. The average molecular weight is 209 g/mol. The molecule has 0 fully saturated rings. The molecule has 0 aliphatic carbocycles. The van der Waals surface area contributed by atoms with Crippen LogP contribution in [0.3, 0.4) is 0 Å². The SMILES string of the molecule is C[C@@H]1CCO[C@@H](CN)c2c(F)cccc21. The smallest absolute Gasteiger partial charge is 0.129 e. The second kappa shape index (κ2) is 4.29. The normalized spacial score (nSPS) is 25.8. The van der Waals surface area contributed by atoms with Crippen molar-refractivity contribution in [3.05, 3.63) is 35.1 Å². The van der Waals surface area contributed by atoms with Gasteiger partial charge < -0.3 is 10.5 Å². The van der Waals surface area contributed by atoms with Gasteiger partial charge in [-0.25, -0.2) is 4.39 Å². The Bertz CT molecular complexity index is 353. The molecule has 0 saturated heterocycles. The van der Waals surface area contributed by atoms with E-state index in [1.54, 1.807) is 6.07 Å². The van der Waals surface area contributed by atoms with Crippen molar-refractivity contribution in [2.45, 2.75) is 25.4 Å². The van der Waals surface area contributed by atoms with Crippen LogP contribution in [-0.2, 0) is 4.74 Å². The molecule has 0 aromatic heterocycles. The van der Waals surface area contributed by atoms with Crippen LogP contribution in [0.2, 0.25) is 0 Å². The van der Waals surface area contributed by atoms with Gasteiger partial charge in [0.25, 0.3) is 0 Å². The maximum atomic E-state index is 13.7. The minimum Gasteiger partial charge on any atom is -0.372 e. The van der Waals surface area contributed by atoms with E-state index >= 15 is 0 Å². The number of benzene rings is 1. The van der Waals surface area contributed by atoms with Gasteiger partial charge in [0.1, 0.15) is 5.82 Å². The molecule has 82 valence electrons. The van der Waals surface area contributed by atoms with E-state index in [4.69, 9.17) is 10.5 Å². The summed E-state index contributed by atoms with van der Waals surface area (Å²) in [6.45, 7) is 3.08. The molecule has 2 atom stereocenters. The third-order valence-electron chi connectivity index (χ3n) is 3.02. The molecule has 2 N–H and O–H groups in total. The van der Waals surface area contributed by atoms with Crippen molar-refractivity contribution in [3.8, 4) is 0 Å². The van der Waals surface area contributed by atoms with Crippen LogP contribution in [0.4, 0.5) is 4.39 Å². The summed E-state index contributed by atoms with van der Waals surface area (Å²) < 4.78 is 19.3. The Morgan fingerprint density at radius 1 is 1.53 bits per heavy atom. The third-order valence-corrected chi connectivity index (χ3v) is 3.02. The van der Waals surface area contributed by atoms with Crippen molar-refractivity contribution >= 4 is 0 Å². The Morgan fingerprint density at radius 2 is 2.33 bits per heavy atom. The number of halogens is 1. The fourth-order valence-corrected chi connectivity index (χ4v) is 2.13. The van der Waals surface area contributed by atoms with Gasteiger partial charge in [-0.05, 0) is 24.0 Å². The summed E-state index contributed by atoms with van der Waals surface area (Å²) in [5.74, 6) is 0.143. The Hall–Kier alpha value is -0.930. The predicted molar refractivity (Wildman–Crippen MR) is 57.2 cm³/mol. The molecule has 0 saturated carbocycles. The Balaban J connectivity index is 2.51. The van der Waals surface area contributed by atoms with E-state index in [1.165, 1.54) is 6.07 Å². The second-order valence-corrected chi connectivity index (χ2v) is 4.03. The standard InChI is InChI=1S/C12H16FNO/c1-8-5-6-15-11(7-14)12-9(8)3-2-4-10(12)13/h2-4,8,11H,5-7,14H2,1H3/t8-,11+/m1/s1. The molecule has 0 bridgehead atoms. The topological polar surface area (TPSA) is 35.2 Å². The van der Waals surface area contributed by atoms with Crippen LogP contribution in [0.25, 0.3) is 0 Å². The maximum Gasteiger partial charge on any atom is 0.129 e. The lowest BCUT2D eigenvalue weighted by Gasteiger charge is -2.17. The first-order valence-corrected chi connectivity index (χ1v) is 5.34. The lowest BCUT2D eigenvalue weighted by Crippen LogP contribution is -2.17. The summed E-state index contributed by atoms with van der Waals surface area (Å²) in [6.07, 6.45) is 0.638. The number of nitrogens with two attached hydrogens (primary N) is 1. The van der Waals surface area contributed by atoms with Gasteiger partial charge in [-0.1, -0.05) is 19.1 Å². The second-order valence-electron chi connectivity index (χ2n) is 4.03. The molecule has 0 radical (unpaired) electrons. The summed E-state index contributed by atoms with van der Waals surface area (Å²) in [6, 6.07) is 5.20. The number of fused-ring (bicyclic) bond motifs is 1. The Labute approximate surface area is 89.2 Å². The van der Waals surface area contributed by atoms with Gasteiger partial charge in [0.2, 0.25) is 0 Å². The van der Waals surface area contributed by atoms with E-state index in [-0.39, 0.29) is 11.9 Å². The van der Waals surface area contributed by atoms with Crippen LogP contribution in [0.5, 0.6) is 0 Å². The van der Waals surface area contributed by atoms with Crippen LogP contribution in [0.15, 0.2) is 18.2 Å². The first-order chi connectivity index (χ1) is 7.24. The highest BCUT2D eigenvalue weighted by atomic mass is 19.1. The summed E-state index contributed by atoms with van der Waals surface area (Å²) >= 11 is 0. The summed E-state index contributed by atoms with van der Waals surface area (Å²) in [5.41, 5.74) is 7.31. The van der Waals surface area contributed by atoms with E-state index in [0.717, 1.165) is 12.0 Å². The van der Waals surface area contributed by atoms with Gasteiger partial charge in [-0.2, -0.15) is 0 Å². The summed E-state index contributed by atoms with van der Waals surface area (Å²) in [5, 5.41) is 0. The van der Waals surface area contributed by atoms with E-state index in [2.05, 4.69) is 6.92 Å². The monoisotopic (exact) mass is 209 g/mol. The molecule has 1 aliphatic rings. The first-order valence-electron chi connectivity index (χ1n) is 5.34. The maximum absolute atomic E-state index is 13.7. The number of hydrogen-bond acceptors (Lipinski definition) is 2. The highest BCUT2D eigenvalue weighted by Gasteiger charge is 2.24. The fraction of sp³-hybridized carbons (Fsp3) is 0.500. The molecule has 2 rings (SSSR count). The number of rotatable bonds is 1. The van der Waals surface area contributed by atoms with Gasteiger partial charge in [0.05, 0.1) is 6.10 Å². The molecule has 1 aromatic carbocycles. The minimum atomic E-state index is -0.286. The summed E-state index contributed by atoms with van der Waals surface area (Å²) in [7, 11) is 0. The Kier molecular flexibility index (Phi) is 3.03. The molecule has 0 amide bonds. The molecule has 1 aromatic rings. The number of hydrogen-bond donors (Lipinski definition) is 1. The molecule has 1 aliphatic heterocycles. The Morgan fingerprint density at radius 3 is 3.07 bits per heavy atom. The van der Waals surface area contributed by atoms with Crippen molar-refractivity contribution < 1.29 is 9.13 Å². The van der Waals surface area contributed by atoms with E-state index in [9.17, 15) is 4.39 Å². The first kappa shape index (κ1) is 10.6.